The standard InChI is InChI=1S/C40H47N5O3/c1-3-45(35(28-31-11-5-4-6-12-31)38(47)43-26-20-30-18-24-42-25-19-30)39(48)36(29-32-16-17-33-13-7-8-14-34(33)27-32)44(2)37(46)15-9-21-40(41)22-10-23-40/h4-9,11-19,24-25,27,35-36H,3,10,20-23,26,28-29,41H2,1-2H3,(H,43,47)/b15-9+/t35?,36-/m1/s1. The Hall–Kier alpha value is -4.82. The van der Waals surface area contributed by atoms with Crippen molar-refractivity contribution in [1.29, 1.82) is 0 Å². The van der Waals surface area contributed by atoms with Crippen LogP contribution in [0.25, 0.3) is 10.8 Å². The molecule has 3 N–H and O–H groups in total. The van der Waals surface area contributed by atoms with Gasteiger partial charge in [-0.25, -0.2) is 0 Å². The summed E-state index contributed by atoms with van der Waals surface area (Å²) in [5, 5.41) is 5.24. The van der Waals surface area contributed by atoms with Crippen molar-refractivity contribution in [3.05, 3.63) is 126 Å². The van der Waals surface area contributed by atoms with Gasteiger partial charge in [0.05, 0.1) is 0 Å². The smallest absolute Gasteiger partial charge is 0.246 e. The summed E-state index contributed by atoms with van der Waals surface area (Å²) in [6, 6.07) is 26.2. The van der Waals surface area contributed by atoms with Crippen LogP contribution in [-0.2, 0) is 33.6 Å². The highest BCUT2D eigenvalue weighted by atomic mass is 16.2. The molecule has 1 fully saturated rings. The van der Waals surface area contributed by atoms with Gasteiger partial charge in [0.1, 0.15) is 12.1 Å². The van der Waals surface area contributed by atoms with E-state index in [1.54, 1.807) is 24.3 Å². The van der Waals surface area contributed by atoms with Crippen LogP contribution in [-0.4, -0.2) is 70.3 Å². The number of carbonyl (C=O) groups is 3. The summed E-state index contributed by atoms with van der Waals surface area (Å²) in [6.45, 7) is 2.61. The van der Waals surface area contributed by atoms with E-state index in [0.29, 0.717) is 38.8 Å². The van der Waals surface area contributed by atoms with Crippen molar-refractivity contribution in [2.45, 2.75) is 69.5 Å². The maximum atomic E-state index is 14.7. The fourth-order valence-electron chi connectivity index (χ4n) is 6.38. The lowest BCUT2D eigenvalue weighted by atomic mass is 9.75. The largest absolute Gasteiger partial charge is 0.354 e. The molecule has 48 heavy (non-hydrogen) atoms. The van der Waals surface area contributed by atoms with Gasteiger partial charge >= 0.3 is 0 Å². The fourth-order valence-corrected chi connectivity index (χ4v) is 6.38. The number of nitrogens with one attached hydrogen (secondary N) is 1. The van der Waals surface area contributed by atoms with Gasteiger partial charge in [0, 0.05) is 50.9 Å². The van der Waals surface area contributed by atoms with Gasteiger partial charge in [-0.15, -0.1) is 0 Å². The summed E-state index contributed by atoms with van der Waals surface area (Å²) in [7, 11) is 1.67. The third kappa shape index (κ3) is 8.95. The second-order valence-electron chi connectivity index (χ2n) is 12.9. The van der Waals surface area contributed by atoms with Crippen molar-refractivity contribution in [1.82, 2.24) is 20.1 Å². The van der Waals surface area contributed by atoms with Crippen molar-refractivity contribution >= 4 is 28.5 Å². The van der Waals surface area contributed by atoms with Gasteiger partial charge in [-0.2, -0.15) is 0 Å². The van der Waals surface area contributed by atoms with Gasteiger partial charge in [0.2, 0.25) is 17.7 Å². The molecule has 1 heterocycles. The Morgan fingerprint density at radius 3 is 2.25 bits per heavy atom. The van der Waals surface area contributed by atoms with E-state index in [-0.39, 0.29) is 23.3 Å². The Morgan fingerprint density at radius 1 is 0.875 bits per heavy atom. The molecule has 3 aromatic carbocycles. The quantitative estimate of drug-likeness (QED) is 0.172. The van der Waals surface area contributed by atoms with Gasteiger partial charge < -0.3 is 20.9 Å². The van der Waals surface area contributed by atoms with E-state index in [2.05, 4.69) is 22.4 Å². The molecule has 8 heteroatoms. The first kappa shape index (κ1) is 34.5. The number of nitrogens with zero attached hydrogens (tertiary/aromatic N) is 3. The lowest BCUT2D eigenvalue weighted by Crippen LogP contribution is -2.57. The normalized spacial score (nSPS) is 15.0. The third-order valence-electron chi connectivity index (χ3n) is 9.51. The number of benzene rings is 3. The van der Waals surface area contributed by atoms with Gasteiger partial charge in [0.25, 0.3) is 0 Å². The molecule has 0 bridgehead atoms. The van der Waals surface area contributed by atoms with E-state index < -0.39 is 12.1 Å². The predicted molar refractivity (Wildman–Crippen MR) is 191 cm³/mol. The molecular formula is C40H47N5O3. The van der Waals surface area contributed by atoms with E-state index in [4.69, 9.17) is 5.73 Å². The van der Waals surface area contributed by atoms with Gasteiger partial charge in [0.15, 0.2) is 0 Å². The molecule has 1 aliphatic carbocycles. The number of hydrogen-bond donors (Lipinski definition) is 2. The van der Waals surface area contributed by atoms with Crippen LogP contribution in [0.4, 0.5) is 0 Å². The van der Waals surface area contributed by atoms with Crippen LogP contribution in [0.5, 0.6) is 0 Å². The molecule has 3 amide bonds. The fraction of sp³-hybridized carbons (Fsp3) is 0.350. The lowest BCUT2D eigenvalue weighted by molar-refractivity contribution is -0.147. The molecule has 0 saturated heterocycles. The number of rotatable bonds is 15. The molecule has 0 aliphatic heterocycles. The zero-order chi connectivity index (χ0) is 33.9. The number of amides is 3. The highest BCUT2D eigenvalue weighted by Gasteiger charge is 2.36. The van der Waals surface area contributed by atoms with Crippen molar-refractivity contribution in [3.63, 3.8) is 0 Å². The number of hydrogen-bond acceptors (Lipinski definition) is 5. The Balaban J connectivity index is 1.41. The van der Waals surface area contributed by atoms with E-state index in [0.717, 1.165) is 46.7 Å². The number of aromatic nitrogens is 1. The van der Waals surface area contributed by atoms with Crippen LogP contribution in [0.2, 0.25) is 0 Å². The maximum absolute atomic E-state index is 14.7. The molecule has 2 atom stereocenters. The second-order valence-corrected chi connectivity index (χ2v) is 12.9. The number of fused-ring (bicyclic) bond motifs is 1. The van der Waals surface area contributed by atoms with Crippen LogP contribution >= 0.6 is 0 Å². The minimum absolute atomic E-state index is 0.227. The van der Waals surface area contributed by atoms with E-state index in [1.165, 1.54) is 11.0 Å². The number of carbonyl (C=O) groups excluding carboxylic acids is 3. The lowest BCUT2D eigenvalue weighted by Gasteiger charge is -2.37. The predicted octanol–water partition coefficient (Wildman–Crippen LogP) is 5.25. The van der Waals surface area contributed by atoms with Gasteiger partial charge in [-0.1, -0.05) is 78.9 Å². The Kier molecular flexibility index (Phi) is 11.7. The number of nitrogens with two attached hydrogens (primary N) is 1. The Labute approximate surface area is 284 Å². The summed E-state index contributed by atoms with van der Waals surface area (Å²) in [5.41, 5.74) is 9.09. The second kappa shape index (κ2) is 16.3. The van der Waals surface area contributed by atoms with Crippen molar-refractivity contribution in [2.75, 3.05) is 20.1 Å². The monoisotopic (exact) mass is 645 g/mol. The molecular weight excluding hydrogens is 598 g/mol. The van der Waals surface area contributed by atoms with Crippen LogP contribution in [0, 0.1) is 0 Å². The molecule has 8 nitrogen and oxygen atoms in total. The maximum Gasteiger partial charge on any atom is 0.246 e. The third-order valence-corrected chi connectivity index (χ3v) is 9.51. The summed E-state index contributed by atoms with van der Waals surface area (Å²) >= 11 is 0. The molecule has 5 rings (SSSR count). The average Bonchev–Trinajstić information content (AvgIpc) is 3.10. The molecule has 0 radical (unpaired) electrons. The molecule has 0 spiro atoms. The molecule has 1 saturated carbocycles. The minimum atomic E-state index is -0.832. The van der Waals surface area contributed by atoms with Crippen LogP contribution in [0.1, 0.15) is 49.3 Å². The highest BCUT2D eigenvalue weighted by molar-refractivity contribution is 5.95. The zero-order valence-electron chi connectivity index (χ0n) is 28.1. The van der Waals surface area contributed by atoms with E-state index in [9.17, 15) is 14.4 Å². The highest BCUT2D eigenvalue weighted by Crippen LogP contribution is 2.32. The first-order valence-corrected chi connectivity index (χ1v) is 17.0. The van der Waals surface area contributed by atoms with E-state index >= 15 is 0 Å². The first-order valence-electron chi connectivity index (χ1n) is 17.0. The topological polar surface area (TPSA) is 109 Å². The van der Waals surface area contributed by atoms with Crippen molar-refractivity contribution in [3.8, 4) is 0 Å². The molecule has 1 aromatic heterocycles. The molecule has 1 unspecified atom stereocenters. The molecule has 1 aliphatic rings. The number of pyridine rings is 1. The van der Waals surface area contributed by atoms with Crippen molar-refractivity contribution in [2.24, 2.45) is 5.73 Å². The average molecular weight is 646 g/mol. The SMILES string of the molecule is CCN(C(=O)[C@@H](Cc1ccc2ccccc2c1)N(C)C(=O)/C=C/CC1(N)CCC1)C(Cc1ccccc1)C(=O)NCCc1ccncc1. The van der Waals surface area contributed by atoms with Gasteiger partial charge in [-0.05, 0) is 84.7 Å². The Morgan fingerprint density at radius 2 is 1.56 bits per heavy atom. The van der Waals surface area contributed by atoms with Crippen LogP contribution in [0.15, 0.2) is 109 Å². The zero-order valence-corrected chi connectivity index (χ0v) is 28.1. The molecule has 4 aromatic rings. The molecule has 250 valence electrons. The summed E-state index contributed by atoms with van der Waals surface area (Å²) < 4.78 is 0. The van der Waals surface area contributed by atoms with Crippen LogP contribution < -0.4 is 11.1 Å². The summed E-state index contributed by atoms with van der Waals surface area (Å²) in [4.78, 5) is 49.5. The Bertz CT molecular complexity index is 1700. The van der Waals surface area contributed by atoms with E-state index in [1.807, 2.05) is 85.8 Å². The van der Waals surface area contributed by atoms with Gasteiger partial charge in [-0.3, -0.25) is 19.4 Å². The number of likely N-dealkylation sites (N-methyl/N-ethyl adjacent to an activating group) is 2. The minimum Gasteiger partial charge on any atom is -0.354 e. The first-order chi connectivity index (χ1) is 23.3. The van der Waals surface area contributed by atoms with Crippen molar-refractivity contribution < 1.29 is 14.4 Å². The summed E-state index contributed by atoms with van der Waals surface area (Å²) in [6.07, 6.45) is 11.8. The van der Waals surface area contributed by atoms with Crippen LogP contribution in [0.3, 0.4) is 0 Å². The summed E-state index contributed by atoms with van der Waals surface area (Å²) in [5.74, 6) is -0.765.